The number of alkyl halides is 3. The number of quaternary nitrogens is 1. The van der Waals surface area contributed by atoms with Crippen LogP contribution in [-0.2, 0) is 12.7 Å². The number of rotatable bonds is 4. The molecule has 1 N–H and O–H groups in total. The minimum Gasteiger partial charge on any atom is -0.435 e. The predicted octanol–water partition coefficient (Wildman–Crippen LogP) is 2.66. The van der Waals surface area contributed by atoms with E-state index in [2.05, 4.69) is 4.98 Å². The van der Waals surface area contributed by atoms with E-state index in [1.807, 2.05) is 24.3 Å². The van der Waals surface area contributed by atoms with Gasteiger partial charge in [0.25, 0.3) is 11.6 Å². The zero-order valence-corrected chi connectivity index (χ0v) is 15.3. The van der Waals surface area contributed by atoms with Crippen molar-refractivity contribution in [3.63, 3.8) is 0 Å². The topological polar surface area (TPSA) is 76.8 Å². The van der Waals surface area contributed by atoms with Crippen LogP contribution >= 0.6 is 0 Å². The number of aromatic nitrogens is 1. The molecule has 0 amide bonds. The van der Waals surface area contributed by atoms with Crippen LogP contribution < -0.4 is 9.80 Å². The van der Waals surface area contributed by atoms with Gasteiger partial charge in [0, 0.05) is 6.07 Å². The lowest BCUT2D eigenvalue weighted by atomic mass is 10.1. The second kappa shape index (κ2) is 7.36. The maximum atomic E-state index is 12.9. The second-order valence-corrected chi connectivity index (χ2v) is 6.95. The molecule has 1 fully saturated rings. The summed E-state index contributed by atoms with van der Waals surface area (Å²) in [5, 5.41) is 11.3. The third kappa shape index (κ3) is 4.02. The molecule has 0 spiro atoms. The Hall–Kier alpha value is -3.14. The third-order valence-corrected chi connectivity index (χ3v) is 5.05. The zero-order valence-electron chi connectivity index (χ0n) is 15.3. The van der Waals surface area contributed by atoms with Gasteiger partial charge in [-0.25, -0.2) is 4.98 Å². The van der Waals surface area contributed by atoms with E-state index >= 15 is 0 Å². The molecule has 0 saturated carbocycles. The second-order valence-electron chi connectivity index (χ2n) is 6.95. The molecule has 1 saturated heterocycles. The van der Waals surface area contributed by atoms with Gasteiger partial charge in [-0.3, -0.25) is 10.1 Å². The van der Waals surface area contributed by atoms with Crippen LogP contribution in [0.2, 0.25) is 0 Å². The van der Waals surface area contributed by atoms with Crippen molar-refractivity contribution in [2.24, 2.45) is 0 Å². The average molecular weight is 407 g/mol. The summed E-state index contributed by atoms with van der Waals surface area (Å²) in [6.45, 7) is 2.88. The smallest absolute Gasteiger partial charge is 0.416 e. The molecule has 1 aromatic heterocycles. The summed E-state index contributed by atoms with van der Waals surface area (Å²) in [6, 6.07) is 10.2. The minimum atomic E-state index is -4.62. The molecule has 0 unspecified atom stereocenters. The van der Waals surface area contributed by atoms with Crippen LogP contribution in [0, 0.1) is 10.1 Å². The van der Waals surface area contributed by atoms with E-state index < -0.39 is 22.4 Å². The van der Waals surface area contributed by atoms with Crippen molar-refractivity contribution in [1.29, 1.82) is 0 Å². The van der Waals surface area contributed by atoms with Crippen LogP contribution in [-0.4, -0.2) is 36.1 Å². The molecule has 152 valence electrons. The maximum Gasteiger partial charge on any atom is 0.416 e. The van der Waals surface area contributed by atoms with Crippen LogP contribution in [0.15, 0.2) is 46.9 Å². The molecule has 0 atom stereocenters. The highest BCUT2D eigenvalue weighted by atomic mass is 19.4. The van der Waals surface area contributed by atoms with Gasteiger partial charge in [-0.05, 0) is 24.3 Å². The van der Waals surface area contributed by atoms with Gasteiger partial charge in [-0.2, -0.15) is 13.2 Å². The van der Waals surface area contributed by atoms with Crippen LogP contribution in [0.5, 0.6) is 0 Å². The SMILES string of the molecule is O=[N+]([O-])c1cc(C(F)(F)F)ccc1N1CC[NH+](Cc2nc3ccccc3o2)CC1. The molecule has 7 nitrogen and oxygen atoms in total. The summed E-state index contributed by atoms with van der Waals surface area (Å²) in [5.74, 6) is 0.621. The molecule has 3 aromatic rings. The van der Waals surface area contributed by atoms with E-state index in [0.29, 0.717) is 44.7 Å². The highest BCUT2D eigenvalue weighted by molar-refractivity contribution is 5.72. The van der Waals surface area contributed by atoms with Crippen molar-refractivity contribution in [1.82, 2.24) is 4.98 Å². The first-order valence-corrected chi connectivity index (χ1v) is 9.10. The molecular formula is C19H18F3N4O3+. The monoisotopic (exact) mass is 407 g/mol. The molecule has 10 heteroatoms. The molecule has 4 rings (SSSR count). The van der Waals surface area contributed by atoms with Gasteiger partial charge >= 0.3 is 6.18 Å². The molecule has 2 aromatic carbocycles. The number of oxazole rings is 1. The first kappa shape index (κ1) is 19.2. The van der Waals surface area contributed by atoms with Crippen molar-refractivity contribution >= 4 is 22.5 Å². The standard InChI is InChI=1S/C19H17F3N4O3/c20-19(21,22)13-5-6-15(16(11-13)26(27)28)25-9-7-24(8-10-25)12-18-23-14-3-1-2-4-17(14)29-18/h1-6,11H,7-10,12H2/p+1. The molecule has 29 heavy (non-hydrogen) atoms. The van der Waals surface area contributed by atoms with Crippen LogP contribution in [0.3, 0.4) is 0 Å². The van der Waals surface area contributed by atoms with Gasteiger partial charge in [0.2, 0.25) is 0 Å². The molecule has 1 aliphatic rings. The molecular weight excluding hydrogens is 389 g/mol. The van der Waals surface area contributed by atoms with Gasteiger partial charge in [-0.15, -0.1) is 0 Å². The number of benzene rings is 2. The van der Waals surface area contributed by atoms with E-state index in [0.717, 1.165) is 17.2 Å². The van der Waals surface area contributed by atoms with Gasteiger partial charge in [0.05, 0.1) is 36.7 Å². The molecule has 1 aliphatic heterocycles. The fourth-order valence-corrected chi connectivity index (χ4v) is 3.56. The normalized spacial score (nSPS) is 15.8. The first-order valence-electron chi connectivity index (χ1n) is 9.10. The van der Waals surface area contributed by atoms with E-state index in [1.165, 1.54) is 11.0 Å². The Balaban J connectivity index is 1.45. The Kier molecular flexibility index (Phi) is 4.87. The number of nitrogens with zero attached hydrogens (tertiary/aromatic N) is 3. The average Bonchev–Trinajstić information content (AvgIpc) is 3.09. The largest absolute Gasteiger partial charge is 0.435 e. The summed E-state index contributed by atoms with van der Waals surface area (Å²) in [5.41, 5.74) is 0.182. The Morgan fingerprint density at radius 3 is 2.55 bits per heavy atom. The Labute approximate surface area is 163 Å². The van der Waals surface area contributed by atoms with Gasteiger partial charge < -0.3 is 14.2 Å². The predicted molar refractivity (Wildman–Crippen MR) is 98.7 cm³/mol. The summed E-state index contributed by atoms with van der Waals surface area (Å²) in [4.78, 5) is 18.0. The molecule has 0 aliphatic carbocycles. The number of para-hydroxylation sites is 2. The van der Waals surface area contributed by atoms with Crippen LogP contribution in [0.1, 0.15) is 11.5 Å². The van der Waals surface area contributed by atoms with Crippen molar-refractivity contribution in [3.05, 3.63) is 64.0 Å². The Bertz CT molecular complexity index is 1010. The lowest BCUT2D eigenvalue weighted by Crippen LogP contribution is -3.13. The third-order valence-electron chi connectivity index (χ3n) is 5.05. The summed E-state index contributed by atoms with van der Waals surface area (Å²) in [6.07, 6.45) is -4.62. The number of nitro benzene ring substituents is 1. The Morgan fingerprint density at radius 2 is 1.90 bits per heavy atom. The number of nitrogens with one attached hydrogen (secondary N) is 1. The van der Waals surface area contributed by atoms with E-state index in [9.17, 15) is 23.3 Å². The van der Waals surface area contributed by atoms with Gasteiger partial charge in [0.1, 0.15) is 11.2 Å². The first-order chi connectivity index (χ1) is 13.8. The van der Waals surface area contributed by atoms with Gasteiger partial charge in [0.15, 0.2) is 12.1 Å². The van der Waals surface area contributed by atoms with Crippen LogP contribution in [0.25, 0.3) is 11.1 Å². The molecule has 2 heterocycles. The summed E-state index contributed by atoms with van der Waals surface area (Å²) >= 11 is 0. The van der Waals surface area contributed by atoms with E-state index in [1.54, 1.807) is 4.90 Å². The quantitative estimate of drug-likeness (QED) is 0.532. The lowest BCUT2D eigenvalue weighted by Gasteiger charge is -2.32. The van der Waals surface area contributed by atoms with Crippen molar-refractivity contribution in [2.45, 2.75) is 12.7 Å². The molecule has 0 radical (unpaired) electrons. The minimum absolute atomic E-state index is 0.212. The zero-order chi connectivity index (χ0) is 20.6. The highest BCUT2D eigenvalue weighted by Crippen LogP contribution is 2.36. The number of anilines is 1. The fraction of sp³-hybridized carbons (Fsp3) is 0.316. The van der Waals surface area contributed by atoms with Crippen molar-refractivity contribution < 1.29 is 27.4 Å². The maximum absolute atomic E-state index is 12.9. The van der Waals surface area contributed by atoms with Gasteiger partial charge in [-0.1, -0.05) is 12.1 Å². The van der Waals surface area contributed by atoms with Crippen molar-refractivity contribution in [2.75, 3.05) is 31.1 Å². The number of halogens is 3. The lowest BCUT2D eigenvalue weighted by molar-refractivity contribution is -0.915. The van der Waals surface area contributed by atoms with Crippen molar-refractivity contribution in [3.8, 4) is 0 Å². The summed E-state index contributed by atoms with van der Waals surface area (Å²) in [7, 11) is 0. The highest BCUT2D eigenvalue weighted by Gasteiger charge is 2.34. The number of nitro groups is 1. The fourth-order valence-electron chi connectivity index (χ4n) is 3.56. The molecule has 0 bridgehead atoms. The van der Waals surface area contributed by atoms with Crippen LogP contribution in [0.4, 0.5) is 24.5 Å². The number of hydrogen-bond donors (Lipinski definition) is 1. The summed E-state index contributed by atoms with van der Waals surface area (Å²) < 4.78 is 44.4. The number of piperazine rings is 1. The van der Waals surface area contributed by atoms with E-state index in [-0.39, 0.29) is 5.69 Å². The number of hydrogen-bond acceptors (Lipinski definition) is 5. The Morgan fingerprint density at radius 1 is 1.17 bits per heavy atom. The number of fused-ring (bicyclic) bond motifs is 1. The van der Waals surface area contributed by atoms with E-state index in [4.69, 9.17) is 4.42 Å².